The number of amides is 2. The first-order valence-electron chi connectivity index (χ1n) is 8.11. The molecule has 0 bridgehead atoms. The number of aryl methyl sites for hydroxylation is 1. The lowest BCUT2D eigenvalue weighted by Crippen LogP contribution is -2.36. The van der Waals surface area contributed by atoms with Crippen LogP contribution in [-0.4, -0.2) is 34.1 Å². The summed E-state index contributed by atoms with van der Waals surface area (Å²) in [6, 6.07) is 5.61. The highest BCUT2D eigenvalue weighted by atomic mass is 16.7. The second-order valence-electron chi connectivity index (χ2n) is 5.83. The molecule has 0 fully saturated rings. The molecule has 2 aromatic rings. The fourth-order valence-corrected chi connectivity index (χ4v) is 2.98. The van der Waals surface area contributed by atoms with Crippen molar-refractivity contribution in [1.29, 1.82) is 0 Å². The van der Waals surface area contributed by atoms with E-state index in [0.29, 0.717) is 13.1 Å². The van der Waals surface area contributed by atoms with Crippen LogP contribution in [0.15, 0.2) is 18.2 Å². The molecule has 0 spiro atoms. The quantitative estimate of drug-likeness (QED) is 0.854. The van der Waals surface area contributed by atoms with Gasteiger partial charge in [0, 0.05) is 19.5 Å². The molecular formula is C16H19N5O3. The molecule has 2 aliphatic heterocycles. The Morgan fingerprint density at radius 3 is 3.08 bits per heavy atom. The first kappa shape index (κ1) is 14.8. The molecule has 0 atom stereocenters. The van der Waals surface area contributed by atoms with Crippen LogP contribution in [0, 0.1) is 0 Å². The van der Waals surface area contributed by atoms with E-state index >= 15 is 0 Å². The van der Waals surface area contributed by atoms with E-state index in [4.69, 9.17) is 9.47 Å². The van der Waals surface area contributed by atoms with E-state index < -0.39 is 0 Å². The zero-order chi connectivity index (χ0) is 16.4. The largest absolute Gasteiger partial charge is 0.454 e. The molecule has 0 radical (unpaired) electrons. The van der Waals surface area contributed by atoms with Gasteiger partial charge in [-0.05, 0) is 30.5 Å². The lowest BCUT2D eigenvalue weighted by molar-refractivity contribution is 0.174. The second-order valence-corrected chi connectivity index (χ2v) is 5.83. The summed E-state index contributed by atoms with van der Waals surface area (Å²) in [5, 5.41) is 13.9. The average Bonchev–Trinajstić information content (AvgIpc) is 3.29. The summed E-state index contributed by atoms with van der Waals surface area (Å²) in [7, 11) is 0. The van der Waals surface area contributed by atoms with Crippen molar-refractivity contribution in [3.05, 3.63) is 35.4 Å². The van der Waals surface area contributed by atoms with E-state index in [0.717, 1.165) is 54.5 Å². The number of aromatic nitrogens is 3. The Balaban J connectivity index is 1.22. The van der Waals surface area contributed by atoms with Gasteiger partial charge in [0.05, 0.1) is 6.54 Å². The molecule has 0 saturated heterocycles. The summed E-state index contributed by atoms with van der Waals surface area (Å²) in [5.74, 6) is 3.35. The van der Waals surface area contributed by atoms with Crippen LogP contribution in [0.3, 0.4) is 0 Å². The van der Waals surface area contributed by atoms with Gasteiger partial charge in [0.25, 0.3) is 0 Å². The van der Waals surface area contributed by atoms with Crippen molar-refractivity contribution in [2.45, 2.75) is 32.4 Å². The van der Waals surface area contributed by atoms with Gasteiger partial charge in [-0.1, -0.05) is 6.07 Å². The van der Waals surface area contributed by atoms with E-state index in [-0.39, 0.29) is 12.8 Å². The summed E-state index contributed by atoms with van der Waals surface area (Å²) >= 11 is 0. The molecule has 8 nitrogen and oxygen atoms in total. The van der Waals surface area contributed by atoms with Gasteiger partial charge >= 0.3 is 6.03 Å². The van der Waals surface area contributed by atoms with Crippen LogP contribution in [0.2, 0.25) is 0 Å². The molecule has 0 unspecified atom stereocenters. The summed E-state index contributed by atoms with van der Waals surface area (Å²) < 4.78 is 12.7. The third-order valence-electron chi connectivity index (χ3n) is 4.23. The predicted octanol–water partition coefficient (Wildman–Crippen LogP) is 0.995. The summed E-state index contributed by atoms with van der Waals surface area (Å²) in [6.45, 7) is 2.14. The summed E-state index contributed by atoms with van der Waals surface area (Å²) in [4.78, 5) is 11.9. The lowest BCUT2D eigenvalue weighted by atomic mass is 10.1. The van der Waals surface area contributed by atoms with Gasteiger partial charge in [-0.15, -0.1) is 10.2 Å². The highest BCUT2D eigenvalue weighted by molar-refractivity contribution is 5.73. The molecule has 0 aliphatic carbocycles. The molecule has 24 heavy (non-hydrogen) atoms. The Kier molecular flexibility index (Phi) is 3.94. The summed E-state index contributed by atoms with van der Waals surface area (Å²) in [5.41, 5.74) is 1.09. The SMILES string of the molecule is O=C(NCCc1ccc2c(c1)OCO2)NCc1nnc2n1CCC2. The van der Waals surface area contributed by atoms with E-state index in [1.807, 2.05) is 18.2 Å². The highest BCUT2D eigenvalue weighted by Crippen LogP contribution is 2.32. The normalized spacial score (nSPS) is 14.5. The first-order valence-corrected chi connectivity index (χ1v) is 8.11. The minimum atomic E-state index is -0.203. The minimum absolute atomic E-state index is 0.203. The maximum atomic E-state index is 11.9. The molecule has 3 heterocycles. The zero-order valence-corrected chi connectivity index (χ0v) is 13.2. The van der Waals surface area contributed by atoms with Gasteiger partial charge in [0.15, 0.2) is 17.3 Å². The number of benzene rings is 1. The van der Waals surface area contributed by atoms with E-state index in [1.54, 1.807) is 0 Å². The van der Waals surface area contributed by atoms with Crippen LogP contribution < -0.4 is 20.1 Å². The van der Waals surface area contributed by atoms with Gasteiger partial charge < -0.3 is 24.7 Å². The Labute approximate surface area is 139 Å². The number of carbonyl (C=O) groups excluding carboxylic acids is 1. The summed E-state index contributed by atoms with van der Waals surface area (Å²) in [6.07, 6.45) is 2.79. The monoisotopic (exact) mass is 329 g/mol. The topological polar surface area (TPSA) is 90.3 Å². The number of carbonyl (C=O) groups is 1. The molecule has 0 saturated carbocycles. The van der Waals surface area contributed by atoms with Crippen LogP contribution in [-0.2, 0) is 25.9 Å². The highest BCUT2D eigenvalue weighted by Gasteiger charge is 2.17. The number of nitrogens with one attached hydrogen (secondary N) is 2. The molecule has 4 rings (SSSR count). The third kappa shape index (κ3) is 2.99. The molecule has 2 N–H and O–H groups in total. The number of hydrogen-bond donors (Lipinski definition) is 2. The van der Waals surface area contributed by atoms with Crippen LogP contribution in [0.5, 0.6) is 11.5 Å². The number of urea groups is 1. The lowest BCUT2D eigenvalue weighted by Gasteiger charge is -2.08. The molecule has 2 amide bonds. The molecule has 2 aliphatic rings. The van der Waals surface area contributed by atoms with E-state index in [2.05, 4.69) is 25.4 Å². The van der Waals surface area contributed by atoms with Crippen LogP contribution in [0.4, 0.5) is 4.79 Å². The number of nitrogens with zero attached hydrogens (tertiary/aromatic N) is 3. The van der Waals surface area contributed by atoms with Crippen LogP contribution in [0.1, 0.15) is 23.6 Å². The minimum Gasteiger partial charge on any atom is -0.454 e. The standard InChI is InChI=1S/C16H19N5O3/c22-16(18-9-15-20-19-14-2-1-7-21(14)15)17-6-5-11-3-4-12-13(8-11)24-10-23-12/h3-4,8H,1-2,5-7,9-10H2,(H2,17,18,22). The molecule has 1 aromatic carbocycles. The van der Waals surface area contributed by atoms with E-state index in [9.17, 15) is 4.79 Å². The second kappa shape index (κ2) is 6.38. The molecular weight excluding hydrogens is 310 g/mol. The number of rotatable bonds is 5. The first-order chi connectivity index (χ1) is 11.8. The van der Waals surface area contributed by atoms with Crippen molar-refractivity contribution < 1.29 is 14.3 Å². The molecule has 1 aromatic heterocycles. The van der Waals surface area contributed by atoms with Crippen molar-refractivity contribution in [2.75, 3.05) is 13.3 Å². The van der Waals surface area contributed by atoms with Crippen molar-refractivity contribution >= 4 is 6.03 Å². The van der Waals surface area contributed by atoms with Gasteiger partial charge in [-0.3, -0.25) is 0 Å². The Bertz CT molecular complexity index is 758. The number of fused-ring (bicyclic) bond motifs is 2. The number of hydrogen-bond acceptors (Lipinski definition) is 5. The van der Waals surface area contributed by atoms with Gasteiger partial charge in [0.1, 0.15) is 5.82 Å². The van der Waals surface area contributed by atoms with Crippen molar-refractivity contribution in [3.63, 3.8) is 0 Å². The maximum Gasteiger partial charge on any atom is 0.315 e. The van der Waals surface area contributed by atoms with Crippen LogP contribution >= 0.6 is 0 Å². The number of ether oxygens (including phenoxy) is 2. The predicted molar refractivity (Wildman–Crippen MR) is 84.9 cm³/mol. The maximum absolute atomic E-state index is 11.9. The van der Waals surface area contributed by atoms with Gasteiger partial charge in [0.2, 0.25) is 6.79 Å². The fraction of sp³-hybridized carbons (Fsp3) is 0.438. The Morgan fingerprint density at radius 2 is 2.12 bits per heavy atom. The Morgan fingerprint density at radius 1 is 1.21 bits per heavy atom. The van der Waals surface area contributed by atoms with Gasteiger partial charge in [-0.25, -0.2) is 4.79 Å². The smallest absolute Gasteiger partial charge is 0.315 e. The zero-order valence-electron chi connectivity index (χ0n) is 13.2. The fourth-order valence-electron chi connectivity index (χ4n) is 2.98. The Hall–Kier alpha value is -2.77. The van der Waals surface area contributed by atoms with Crippen molar-refractivity contribution in [3.8, 4) is 11.5 Å². The van der Waals surface area contributed by atoms with Crippen molar-refractivity contribution in [1.82, 2.24) is 25.4 Å². The van der Waals surface area contributed by atoms with E-state index in [1.165, 1.54) is 0 Å². The van der Waals surface area contributed by atoms with Crippen LogP contribution in [0.25, 0.3) is 0 Å². The third-order valence-corrected chi connectivity index (χ3v) is 4.23. The average molecular weight is 329 g/mol. The molecule has 126 valence electrons. The van der Waals surface area contributed by atoms with Crippen molar-refractivity contribution in [2.24, 2.45) is 0 Å². The van der Waals surface area contributed by atoms with Gasteiger partial charge in [-0.2, -0.15) is 0 Å². The molecule has 8 heteroatoms.